The number of hydrogen-bond acceptors (Lipinski definition) is 3. The molecule has 26 heavy (non-hydrogen) atoms. The van der Waals surface area contributed by atoms with Crippen molar-refractivity contribution in [1.29, 1.82) is 0 Å². The number of hydrogen-bond donors (Lipinski definition) is 1. The number of likely N-dealkylation sites (tertiary alicyclic amines) is 1. The Kier molecular flexibility index (Phi) is 7.85. The van der Waals surface area contributed by atoms with Crippen LogP contribution in [0.1, 0.15) is 26.2 Å². The maximum atomic E-state index is 12.8. The summed E-state index contributed by atoms with van der Waals surface area (Å²) in [7, 11) is 1.75. The summed E-state index contributed by atoms with van der Waals surface area (Å²) in [6.45, 7) is 6.50. The molecule has 1 aliphatic carbocycles. The average Bonchev–Trinajstić information content (AvgIpc) is 3.33. The van der Waals surface area contributed by atoms with Gasteiger partial charge in [-0.3, -0.25) is 9.89 Å². The number of halogens is 4. The minimum Gasteiger partial charge on any atom is -0.356 e. The molecule has 152 valence electrons. The summed E-state index contributed by atoms with van der Waals surface area (Å²) in [6.07, 6.45) is -0.236. The molecule has 5 nitrogen and oxygen atoms in total. The van der Waals surface area contributed by atoms with E-state index in [1.807, 2.05) is 0 Å². The fraction of sp³-hybridized carbons (Fsp3) is 0.941. The van der Waals surface area contributed by atoms with Crippen LogP contribution in [0.15, 0.2) is 4.99 Å². The van der Waals surface area contributed by atoms with Crippen molar-refractivity contribution >= 4 is 29.9 Å². The zero-order valence-electron chi connectivity index (χ0n) is 15.6. The van der Waals surface area contributed by atoms with Crippen molar-refractivity contribution in [3.05, 3.63) is 0 Å². The van der Waals surface area contributed by atoms with E-state index in [4.69, 9.17) is 0 Å². The predicted molar refractivity (Wildman–Crippen MR) is 108 cm³/mol. The van der Waals surface area contributed by atoms with Crippen LogP contribution in [0, 0.1) is 5.92 Å². The Hall–Kier alpha value is -0.290. The molecule has 1 saturated carbocycles. The van der Waals surface area contributed by atoms with Crippen LogP contribution >= 0.6 is 24.0 Å². The largest absolute Gasteiger partial charge is 0.403 e. The van der Waals surface area contributed by atoms with Gasteiger partial charge in [-0.25, -0.2) is 0 Å². The summed E-state index contributed by atoms with van der Waals surface area (Å²) in [6, 6.07) is -0.551. The van der Waals surface area contributed by atoms with Crippen LogP contribution in [0.5, 0.6) is 0 Å². The van der Waals surface area contributed by atoms with Crippen molar-refractivity contribution in [2.75, 3.05) is 52.9 Å². The minimum atomic E-state index is -4.15. The van der Waals surface area contributed by atoms with E-state index >= 15 is 0 Å². The van der Waals surface area contributed by atoms with Gasteiger partial charge in [0.25, 0.3) is 0 Å². The summed E-state index contributed by atoms with van der Waals surface area (Å²) in [5, 5.41) is 3.44. The van der Waals surface area contributed by atoms with Crippen molar-refractivity contribution in [1.82, 2.24) is 20.0 Å². The van der Waals surface area contributed by atoms with Gasteiger partial charge in [0.1, 0.15) is 6.04 Å². The van der Waals surface area contributed by atoms with Gasteiger partial charge in [-0.2, -0.15) is 13.2 Å². The second-order valence-corrected chi connectivity index (χ2v) is 7.55. The number of alkyl halides is 3. The summed E-state index contributed by atoms with van der Waals surface area (Å²) in [5.74, 6) is 1.47. The molecule has 3 rings (SSSR count). The maximum absolute atomic E-state index is 12.8. The molecular weight excluding hydrogens is 458 g/mol. The van der Waals surface area contributed by atoms with Crippen molar-refractivity contribution in [3.8, 4) is 0 Å². The Bertz CT molecular complexity index is 476. The first-order valence-corrected chi connectivity index (χ1v) is 9.39. The van der Waals surface area contributed by atoms with E-state index in [2.05, 4.69) is 20.1 Å². The third-order valence-electron chi connectivity index (χ3n) is 5.78. The Balaban J connectivity index is 0.00000243. The summed E-state index contributed by atoms with van der Waals surface area (Å²) in [4.78, 5) is 10.5. The minimum absolute atomic E-state index is 0. The standard InChI is InChI=1S/C17H30F3N5.HI/c1-13(17(18,19)20)23-7-9-24(10-8-23)16(21-2)22-11-14-5-6-25(12-14)15-3-4-15;/h13-15H,3-12H2,1-2H3,(H,21,22);1H. The van der Waals surface area contributed by atoms with Crippen LogP contribution in [-0.2, 0) is 0 Å². The molecular formula is C17H31F3IN5. The molecule has 0 aromatic heterocycles. The van der Waals surface area contributed by atoms with E-state index in [0.29, 0.717) is 32.1 Å². The van der Waals surface area contributed by atoms with Gasteiger partial charge in [0.05, 0.1) is 0 Å². The summed E-state index contributed by atoms with van der Waals surface area (Å²) < 4.78 is 38.5. The van der Waals surface area contributed by atoms with Crippen LogP contribution in [0.4, 0.5) is 13.2 Å². The van der Waals surface area contributed by atoms with E-state index in [-0.39, 0.29) is 24.0 Å². The normalized spacial score (nSPS) is 27.3. The van der Waals surface area contributed by atoms with E-state index < -0.39 is 12.2 Å². The second kappa shape index (κ2) is 9.27. The van der Waals surface area contributed by atoms with Crippen LogP contribution in [-0.4, -0.2) is 91.8 Å². The number of nitrogens with one attached hydrogen (secondary N) is 1. The van der Waals surface area contributed by atoms with Gasteiger partial charge in [-0.1, -0.05) is 0 Å². The van der Waals surface area contributed by atoms with Crippen molar-refractivity contribution in [2.45, 2.75) is 44.4 Å². The molecule has 2 aliphatic heterocycles. The highest BCUT2D eigenvalue weighted by atomic mass is 127. The van der Waals surface area contributed by atoms with Gasteiger partial charge < -0.3 is 15.1 Å². The van der Waals surface area contributed by atoms with Crippen LogP contribution < -0.4 is 5.32 Å². The summed E-state index contributed by atoms with van der Waals surface area (Å²) >= 11 is 0. The molecule has 2 heterocycles. The highest BCUT2D eigenvalue weighted by Crippen LogP contribution is 2.31. The molecule has 2 saturated heterocycles. The molecule has 0 amide bonds. The highest BCUT2D eigenvalue weighted by molar-refractivity contribution is 14.0. The lowest BCUT2D eigenvalue weighted by Crippen LogP contribution is -2.57. The maximum Gasteiger partial charge on any atom is 0.403 e. The molecule has 0 aromatic carbocycles. The second-order valence-electron chi connectivity index (χ2n) is 7.55. The lowest BCUT2D eigenvalue weighted by Gasteiger charge is -2.39. The molecule has 9 heteroatoms. The first-order valence-electron chi connectivity index (χ1n) is 9.39. The van der Waals surface area contributed by atoms with Crippen LogP contribution in [0.2, 0.25) is 0 Å². The first-order chi connectivity index (χ1) is 11.9. The van der Waals surface area contributed by atoms with Crippen LogP contribution in [0.25, 0.3) is 0 Å². The van der Waals surface area contributed by atoms with Gasteiger partial charge in [-0.15, -0.1) is 24.0 Å². The molecule has 3 fully saturated rings. The third kappa shape index (κ3) is 5.60. The fourth-order valence-electron chi connectivity index (χ4n) is 3.90. The van der Waals surface area contributed by atoms with Gasteiger partial charge in [0, 0.05) is 52.4 Å². The fourth-order valence-corrected chi connectivity index (χ4v) is 3.90. The highest BCUT2D eigenvalue weighted by Gasteiger charge is 2.41. The number of nitrogens with zero attached hydrogens (tertiary/aromatic N) is 4. The molecule has 0 aromatic rings. The number of piperazine rings is 1. The van der Waals surface area contributed by atoms with Gasteiger partial charge in [0.2, 0.25) is 0 Å². The predicted octanol–water partition coefficient (Wildman–Crippen LogP) is 2.23. The average molecular weight is 489 g/mol. The number of guanidine groups is 1. The number of rotatable bonds is 4. The Morgan fingerprint density at radius 2 is 1.77 bits per heavy atom. The van der Waals surface area contributed by atoms with Gasteiger partial charge in [0.15, 0.2) is 5.96 Å². The Morgan fingerprint density at radius 3 is 2.31 bits per heavy atom. The molecule has 2 unspecified atom stereocenters. The Labute approximate surface area is 171 Å². The number of aliphatic imine (C=N–C) groups is 1. The van der Waals surface area contributed by atoms with Crippen molar-refractivity contribution in [3.63, 3.8) is 0 Å². The third-order valence-corrected chi connectivity index (χ3v) is 5.78. The molecule has 3 aliphatic rings. The monoisotopic (exact) mass is 489 g/mol. The van der Waals surface area contributed by atoms with Gasteiger partial charge >= 0.3 is 6.18 Å². The van der Waals surface area contributed by atoms with E-state index in [9.17, 15) is 13.2 Å². The topological polar surface area (TPSA) is 34.1 Å². The zero-order valence-corrected chi connectivity index (χ0v) is 18.0. The van der Waals surface area contributed by atoms with Crippen LogP contribution in [0.3, 0.4) is 0 Å². The molecule has 0 spiro atoms. The molecule has 0 bridgehead atoms. The van der Waals surface area contributed by atoms with Gasteiger partial charge in [-0.05, 0) is 38.6 Å². The van der Waals surface area contributed by atoms with Crippen molar-refractivity contribution in [2.24, 2.45) is 10.9 Å². The lowest BCUT2D eigenvalue weighted by molar-refractivity contribution is -0.181. The SMILES string of the molecule is CN=C(NCC1CCN(C2CC2)C1)N1CCN(C(C)C(F)(F)F)CC1.I. The quantitative estimate of drug-likeness (QED) is 0.373. The van der Waals surface area contributed by atoms with E-state index in [0.717, 1.165) is 25.1 Å². The molecule has 0 radical (unpaired) electrons. The lowest BCUT2D eigenvalue weighted by atomic mass is 10.1. The molecule has 2 atom stereocenters. The zero-order chi connectivity index (χ0) is 18.0. The Morgan fingerprint density at radius 1 is 1.12 bits per heavy atom. The smallest absolute Gasteiger partial charge is 0.356 e. The van der Waals surface area contributed by atoms with E-state index in [1.165, 1.54) is 37.6 Å². The molecule has 1 N–H and O–H groups in total. The summed E-state index contributed by atoms with van der Waals surface area (Å²) in [5.41, 5.74) is 0. The van der Waals surface area contributed by atoms with Crippen molar-refractivity contribution < 1.29 is 13.2 Å². The van der Waals surface area contributed by atoms with E-state index in [1.54, 1.807) is 7.05 Å². The first kappa shape index (κ1) is 22.0.